The molecule has 2 rings (SSSR count). The first-order valence-electron chi connectivity index (χ1n) is 6.64. The maximum Gasteiger partial charge on any atom is 0.180 e. The number of halogens is 1. The van der Waals surface area contributed by atoms with Crippen molar-refractivity contribution in [2.24, 2.45) is 15.9 Å². The predicted molar refractivity (Wildman–Crippen MR) is 81.9 cm³/mol. The highest BCUT2D eigenvalue weighted by Gasteiger charge is 2.07. The number of benzene rings is 1. The molecule has 2 N–H and O–H groups in total. The first-order chi connectivity index (χ1) is 9.74. The second-order valence-electron chi connectivity index (χ2n) is 4.51. The fourth-order valence-electron chi connectivity index (χ4n) is 1.79. The van der Waals surface area contributed by atoms with Crippen LogP contribution in [0.3, 0.4) is 0 Å². The highest BCUT2D eigenvalue weighted by atomic mass is 32.2. The Kier molecular flexibility index (Phi) is 5.86. The molecule has 0 atom stereocenters. The van der Waals surface area contributed by atoms with E-state index in [4.69, 9.17) is 10.5 Å². The maximum absolute atomic E-state index is 12.7. The van der Waals surface area contributed by atoms with Crippen LogP contribution in [0.2, 0.25) is 0 Å². The summed E-state index contributed by atoms with van der Waals surface area (Å²) in [6, 6.07) is 6.10. The van der Waals surface area contributed by atoms with Gasteiger partial charge in [0.1, 0.15) is 11.6 Å². The smallest absolute Gasteiger partial charge is 0.180 e. The summed E-state index contributed by atoms with van der Waals surface area (Å²) in [6.45, 7) is 0.651. The Morgan fingerprint density at radius 2 is 1.95 bits per heavy atom. The van der Waals surface area contributed by atoms with Crippen LogP contribution in [-0.4, -0.2) is 23.2 Å². The molecule has 4 nitrogen and oxygen atoms in total. The molecule has 0 saturated carbocycles. The van der Waals surface area contributed by atoms with Crippen molar-refractivity contribution in [3.8, 4) is 5.75 Å². The van der Waals surface area contributed by atoms with Gasteiger partial charge in [0.05, 0.1) is 12.3 Å². The van der Waals surface area contributed by atoms with Gasteiger partial charge in [0, 0.05) is 5.75 Å². The van der Waals surface area contributed by atoms with E-state index in [0.29, 0.717) is 17.5 Å². The third-order valence-corrected chi connectivity index (χ3v) is 3.72. The number of hydrogen-bond acceptors (Lipinski definition) is 5. The van der Waals surface area contributed by atoms with Crippen molar-refractivity contribution in [3.63, 3.8) is 0 Å². The molecule has 1 aliphatic heterocycles. The van der Waals surface area contributed by atoms with E-state index in [2.05, 4.69) is 10.2 Å². The minimum atomic E-state index is -0.244. The summed E-state index contributed by atoms with van der Waals surface area (Å²) in [4.78, 5) is 0. The first kappa shape index (κ1) is 14.8. The molecule has 20 heavy (non-hydrogen) atoms. The number of hydrogen-bond donors (Lipinski definition) is 1. The Morgan fingerprint density at radius 3 is 2.65 bits per heavy atom. The van der Waals surface area contributed by atoms with Crippen LogP contribution in [0.5, 0.6) is 5.75 Å². The molecule has 0 unspecified atom stereocenters. The molecule has 0 fully saturated rings. The molecule has 0 spiro atoms. The number of unbranched alkanes of at least 4 members (excludes halogenated alkanes) is 2. The van der Waals surface area contributed by atoms with Gasteiger partial charge >= 0.3 is 0 Å². The molecule has 0 amide bonds. The van der Waals surface area contributed by atoms with Gasteiger partial charge in [0.15, 0.2) is 5.17 Å². The second-order valence-corrected chi connectivity index (χ2v) is 5.50. The molecule has 0 bridgehead atoms. The van der Waals surface area contributed by atoms with Crippen LogP contribution in [0.25, 0.3) is 0 Å². The topological polar surface area (TPSA) is 60.0 Å². The molecule has 0 aliphatic carbocycles. The van der Waals surface area contributed by atoms with Gasteiger partial charge in [0.2, 0.25) is 0 Å². The summed E-state index contributed by atoms with van der Waals surface area (Å²) >= 11 is 1.53. The maximum atomic E-state index is 12.7. The van der Waals surface area contributed by atoms with E-state index in [9.17, 15) is 4.39 Å². The Hall–Kier alpha value is -1.56. The van der Waals surface area contributed by atoms with E-state index < -0.39 is 0 Å². The van der Waals surface area contributed by atoms with Crippen LogP contribution >= 0.6 is 11.8 Å². The Morgan fingerprint density at radius 1 is 1.15 bits per heavy atom. The lowest BCUT2D eigenvalue weighted by molar-refractivity contribution is 0.305. The van der Waals surface area contributed by atoms with Crippen LogP contribution < -0.4 is 10.5 Å². The van der Waals surface area contributed by atoms with Gasteiger partial charge in [-0.3, -0.25) is 0 Å². The van der Waals surface area contributed by atoms with Crippen molar-refractivity contribution in [2.45, 2.75) is 25.7 Å². The second kappa shape index (κ2) is 7.89. The lowest BCUT2D eigenvalue weighted by Gasteiger charge is -2.09. The van der Waals surface area contributed by atoms with Crippen molar-refractivity contribution in [1.29, 1.82) is 0 Å². The summed E-state index contributed by atoms with van der Waals surface area (Å²) in [5.74, 6) is 1.32. The quantitative estimate of drug-likeness (QED) is 0.786. The Bertz CT molecular complexity index is 488. The average molecular weight is 295 g/mol. The summed E-state index contributed by atoms with van der Waals surface area (Å²) in [5.41, 5.74) is 6.62. The number of nitrogens with two attached hydrogens (primary N) is 1. The first-order valence-corrected chi connectivity index (χ1v) is 7.62. The predicted octanol–water partition coefficient (Wildman–Crippen LogP) is 3.18. The van der Waals surface area contributed by atoms with E-state index in [1.807, 2.05) is 0 Å². The van der Waals surface area contributed by atoms with Crippen LogP contribution in [0.1, 0.15) is 25.7 Å². The largest absolute Gasteiger partial charge is 0.494 e. The van der Waals surface area contributed by atoms with E-state index in [0.717, 1.165) is 37.1 Å². The zero-order valence-corrected chi connectivity index (χ0v) is 12.0. The summed E-state index contributed by atoms with van der Waals surface area (Å²) in [7, 11) is 0. The number of thioether (sulfide) groups is 1. The van der Waals surface area contributed by atoms with Gasteiger partial charge in [-0.1, -0.05) is 11.8 Å². The third-order valence-electron chi connectivity index (χ3n) is 2.87. The zero-order valence-electron chi connectivity index (χ0n) is 11.2. The fourth-order valence-corrected chi connectivity index (χ4v) is 2.40. The van der Waals surface area contributed by atoms with Crippen molar-refractivity contribution >= 4 is 22.6 Å². The molecule has 1 heterocycles. The number of amidine groups is 1. The molecule has 108 valence electrons. The van der Waals surface area contributed by atoms with Crippen LogP contribution in [0.15, 0.2) is 34.5 Å². The summed E-state index contributed by atoms with van der Waals surface area (Å²) < 4.78 is 18.2. The van der Waals surface area contributed by atoms with E-state index >= 15 is 0 Å². The van der Waals surface area contributed by atoms with Gasteiger partial charge in [-0.25, -0.2) is 4.39 Å². The molecule has 6 heteroatoms. The summed E-state index contributed by atoms with van der Waals surface area (Å²) in [6.07, 6.45) is 4.08. The van der Waals surface area contributed by atoms with Crippen molar-refractivity contribution < 1.29 is 9.13 Å². The Labute approximate surface area is 122 Å². The molecular formula is C14H18FN3OS. The van der Waals surface area contributed by atoms with E-state index in [1.165, 1.54) is 23.9 Å². The highest BCUT2D eigenvalue weighted by molar-refractivity contribution is 8.14. The normalized spacial score (nSPS) is 14.7. The number of ether oxygens (including phenoxy) is 1. The average Bonchev–Trinajstić information content (AvgIpc) is 2.46. The van der Waals surface area contributed by atoms with Crippen LogP contribution in [0.4, 0.5) is 4.39 Å². The van der Waals surface area contributed by atoms with Gasteiger partial charge in [-0.05, 0) is 49.9 Å². The summed E-state index contributed by atoms with van der Waals surface area (Å²) in [5, 5.41) is 8.48. The van der Waals surface area contributed by atoms with Crippen molar-refractivity contribution in [3.05, 3.63) is 30.1 Å². The molecule has 0 aromatic heterocycles. The van der Waals surface area contributed by atoms with Gasteiger partial charge < -0.3 is 10.5 Å². The molecule has 1 aromatic carbocycles. The molecule has 1 aliphatic rings. The van der Waals surface area contributed by atoms with Crippen molar-refractivity contribution in [1.82, 2.24) is 0 Å². The molecule has 0 saturated heterocycles. The van der Waals surface area contributed by atoms with Crippen LogP contribution in [-0.2, 0) is 0 Å². The lowest BCUT2D eigenvalue weighted by Crippen LogP contribution is -2.15. The monoisotopic (exact) mass is 295 g/mol. The molecule has 1 aromatic rings. The van der Waals surface area contributed by atoms with E-state index in [1.54, 1.807) is 12.1 Å². The molecular weight excluding hydrogens is 277 g/mol. The SMILES string of the molecule is NC1=NN=C(CCCCCOc2ccc(F)cc2)CS1. The minimum Gasteiger partial charge on any atom is -0.494 e. The number of nitrogens with zero attached hydrogens (tertiary/aromatic N) is 2. The van der Waals surface area contributed by atoms with E-state index in [-0.39, 0.29) is 5.82 Å². The molecule has 0 radical (unpaired) electrons. The van der Waals surface area contributed by atoms with Gasteiger partial charge in [0.25, 0.3) is 0 Å². The zero-order chi connectivity index (χ0) is 14.2. The standard InChI is InChI=1S/C14H18FN3OS/c15-11-5-7-13(8-6-11)19-9-3-1-2-4-12-10-20-14(16)18-17-12/h5-8H,1-4,9-10H2,(H2,16,18). The van der Waals surface area contributed by atoms with Crippen LogP contribution in [0, 0.1) is 5.82 Å². The van der Waals surface area contributed by atoms with Gasteiger partial charge in [-0.2, -0.15) is 5.10 Å². The van der Waals surface area contributed by atoms with Gasteiger partial charge in [-0.15, -0.1) is 5.10 Å². The minimum absolute atomic E-state index is 0.244. The Balaban J connectivity index is 1.55. The van der Waals surface area contributed by atoms with Crippen molar-refractivity contribution in [2.75, 3.05) is 12.4 Å². The third kappa shape index (κ3) is 5.21. The number of rotatable bonds is 7. The lowest BCUT2D eigenvalue weighted by atomic mass is 10.1. The highest BCUT2D eigenvalue weighted by Crippen LogP contribution is 2.14. The fraction of sp³-hybridized carbons (Fsp3) is 0.429.